The molecular formula is C24H19ClN2O6S. The van der Waals surface area contributed by atoms with E-state index in [1.165, 1.54) is 48.4 Å². The Morgan fingerprint density at radius 2 is 1.56 bits per heavy atom. The van der Waals surface area contributed by atoms with Crippen LogP contribution >= 0.6 is 11.6 Å². The first kappa shape index (κ1) is 23.5. The van der Waals surface area contributed by atoms with Gasteiger partial charge in [0.1, 0.15) is 11.5 Å². The Hall–Kier alpha value is -3.66. The van der Waals surface area contributed by atoms with Crippen LogP contribution in [0.4, 0.5) is 5.69 Å². The van der Waals surface area contributed by atoms with E-state index in [9.17, 15) is 23.1 Å². The van der Waals surface area contributed by atoms with Crippen LogP contribution in [0.5, 0.6) is 5.75 Å². The second kappa shape index (κ2) is 8.94. The van der Waals surface area contributed by atoms with Crippen molar-refractivity contribution >= 4 is 44.8 Å². The number of hydrogen-bond acceptors (Lipinski definition) is 6. The Labute approximate surface area is 200 Å². The number of aliphatic hydroxyl groups excluding tert-OH is 1. The molecule has 4 rings (SSSR count). The summed E-state index contributed by atoms with van der Waals surface area (Å²) in [6, 6.07) is 17.1. The second-order valence-corrected chi connectivity index (χ2v) is 9.49. The predicted octanol–water partition coefficient (Wildman–Crippen LogP) is 3.62. The quantitative estimate of drug-likeness (QED) is 0.314. The van der Waals surface area contributed by atoms with Crippen LogP contribution < -0.4 is 14.8 Å². The van der Waals surface area contributed by atoms with Gasteiger partial charge in [0.2, 0.25) is 10.0 Å². The Balaban J connectivity index is 1.91. The summed E-state index contributed by atoms with van der Waals surface area (Å²) in [5.41, 5.74) is 0.981. The van der Waals surface area contributed by atoms with Crippen molar-refractivity contribution < 1.29 is 27.9 Å². The molecule has 34 heavy (non-hydrogen) atoms. The molecule has 8 nitrogen and oxygen atoms in total. The molecule has 3 N–H and O–H groups in total. The zero-order valence-electron chi connectivity index (χ0n) is 17.8. The van der Waals surface area contributed by atoms with E-state index in [2.05, 4.69) is 0 Å². The molecule has 1 atom stereocenters. The molecule has 174 valence electrons. The van der Waals surface area contributed by atoms with Gasteiger partial charge in [-0.1, -0.05) is 23.7 Å². The van der Waals surface area contributed by atoms with Crippen LogP contribution in [0.25, 0.3) is 5.76 Å². The maximum absolute atomic E-state index is 13.1. The molecule has 1 heterocycles. The summed E-state index contributed by atoms with van der Waals surface area (Å²) >= 11 is 5.94. The number of primary sulfonamides is 1. The number of ether oxygens (including phenoxy) is 1. The predicted molar refractivity (Wildman–Crippen MR) is 127 cm³/mol. The first-order valence-corrected chi connectivity index (χ1v) is 11.9. The molecular weight excluding hydrogens is 480 g/mol. The van der Waals surface area contributed by atoms with Gasteiger partial charge < -0.3 is 9.84 Å². The number of hydrogen-bond donors (Lipinski definition) is 2. The van der Waals surface area contributed by atoms with Gasteiger partial charge in [-0.25, -0.2) is 13.6 Å². The minimum Gasteiger partial charge on any atom is -0.507 e. The summed E-state index contributed by atoms with van der Waals surface area (Å²) in [4.78, 5) is 27.3. The molecule has 1 saturated heterocycles. The molecule has 0 radical (unpaired) electrons. The average Bonchev–Trinajstić information content (AvgIpc) is 3.09. The number of nitrogens with two attached hydrogens (primary N) is 1. The van der Waals surface area contributed by atoms with Gasteiger partial charge in [0.25, 0.3) is 11.7 Å². The van der Waals surface area contributed by atoms with Crippen LogP contribution in [0, 0.1) is 0 Å². The largest absolute Gasteiger partial charge is 0.507 e. The van der Waals surface area contributed by atoms with Crippen molar-refractivity contribution in [2.75, 3.05) is 12.0 Å². The van der Waals surface area contributed by atoms with E-state index in [0.29, 0.717) is 21.9 Å². The van der Waals surface area contributed by atoms with Gasteiger partial charge in [-0.3, -0.25) is 14.5 Å². The molecule has 0 spiro atoms. The standard InChI is InChI=1S/C24H19ClN2O6S/c1-33-18-10-4-14(5-11-18)21-20(22(28)15-2-6-16(25)7-3-15)23(29)24(30)27(21)17-8-12-19(13-9-17)34(26,31)32/h2-13,21,28H,1H3,(H2,26,31,32)/t21-/m0/s1. The Bertz CT molecular complexity index is 1400. The first-order valence-electron chi connectivity index (χ1n) is 9.95. The van der Waals surface area contributed by atoms with Crippen molar-refractivity contribution in [3.63, 3.8) is 0 Å². The van der Waals surface area contributed by atoms with Crippen LogP contribution in [0.1, 0.15) is 17.2 Å². The van der Waals surface area contributed by atoms with Crippen LogP contribution in [0.3, 0.4) is 0 Å². The van der Waals surface area contributed by atoms with E-state index in [1.807, 2.05) is 0 Å². The van der Waals surface area contributed by atoms with Gasteiger partial charge in [-0.2, -0.15) is 0 Å². The van der Waals surface area contributed by atoms with E-state index < -0.39 is 27.8 Å². The number of Topliss-reactive ketones (excluding diaryl/α,β-unsaturated/α-hetero) is 1. The van der Waals surface area contributed by atoms with E-state index in [-0.39, 0.29) is 21.9 Å². The summed E-state index contributed by atoms with van der Waals surface area (Å²) < 4.78 is 28.5. The zero-order valence-corrected chi connectivity index (χ0v) is 19.4. The Morgan fingerprint density at radius 3 is 2.09 bits per heavy atom. The molecule has 0 aromatic heterocycles. The molecule has 1 aliphatic rings. The van der Waals surface area contributed by atoms with Crippen LogP contribution in [0.15, 0.2) is 83.3 Å². The summed E-state index contributed by atoms with van der Waals surface area (Å²) in [5, 5.41) is 16.7. The number of amides is 1. The minimum atomic E-state index is -3.95. The molecule has 3 aromatic rings. The summed E-state index contributed by atoms with van der Waals surface area (Å²) in [6.07, 6.45) is 0. The van der Waals surface area contributed by atoms with E-state index in [0.717, 1.165) is 0 Å². The number of aliphatic hydroxyl groups is 1. The first-order chi connectivity index (χ1) is 16.1. The molecule has 1 amide bonds. The van der Waals surface area contributed by atoms with E-state index in [4.69, 9.17) is 21.5 Å². The highest BCUT2D eigenvalue weighted by molar-refractivity contribution is 7.89. The topological polar surface area (TPSA) is 127 Å². The normalized spacial score (nSPS) is 17.7. The fraction of sp³-hybridized carbons (Fsp3) is 0.0833. The van der Waals surface area contributed by atoms with Crippen molar-refractivity contribution in [3.05, 3.63) is 94.5 Å². The minimum absolute atomic E-state index is 0.118. The van der Waals surface area contributed by atoms with Gasteiger partial charge in [-0.05, 0) is 66.2 Å². The lowest BCUT2D eigenvalue weighted by molar-refractivity contribution is -0.132. The third-order valence-corrected chi connectivity index (χ3v) is 6.62. The van der Waals surface area contributed by atoms with E-state index in [1.54, 1.807) is 36.4 Å². The number of rotatable bonds is 5. The van der Waals surface area contributed by atoms with Crippen LogP contribution in [-0.4, -0.2) is 32.3 Å². The van der Waals surface area contributed by atoms with Crippen molar-refractivity contribution in [1.82, 2.24) is 0 Å². The monoisotopic (exact) mass is 498 g/mol. The van der Waals surface area contributed by atoms with E-state index >= 15 is 0 Å². The second-order valence-electron chi connectivity index (χ2n) is 7.49. The summed E-state index contributed by atoms with van der Waals surface area (Å²) in [5.74, 6) is -1.56. The maximum atomic E-state index is 13.1. The number of halogens is 1. The van der Waals surface area contributed by atoms with Crippen molar-refractivity contribution in [2.24, 2.45) is 5.14 Å². The van der Waals surface area contributed by atoms with Gasteiger partial charge in [0.15, 0.2) is 0 Å². The molecule has 0 aliphatic carbocycles. The lowest BCUT2D eigenvalue weighted by Gasteiger charge is -2.25. The number of anilines is 1. The number of methoxy groups -OCH3 is 1. The highest BCUT2D eigenvalue weighted by atomic mass is 35.5. The third kappa shape index (κ3) is 4.28. The smallest absolute Gasteiger partial charge is 0.300 e. The molecule has 0 unspecified atom stereocenters. The molecule has 10 heteroatoms. The van der Waals surface area contributed by atoms with Crippen molar-refractivity contribution in [1.29, 1.82) is 0 Å². The Kier molecular flexibility index (Phi) is 6.18. The number of nitrogens with zero attached hydrogens (tertiary/aromatic N) is 1. The fourth-order valence-corrected chi connectivity index (χ4v) is 4.40. The zero-order chi connectivity index (χ0) is 24.6. The highest BCUT2D eigenvalue weighted by Gasteiger charge is 2.47. The third-order valence-electron chi connectivity index (χ3n) is 5.44. The summed E-state index contributed by atoms with van der Waals surface area (Å²) in [7, 11) is -2.44. The molecule has 0 saturated carbocycles. The van der Waals surface area contributed by atoms with Gasteiger partial charge in [0.05, 0.1) is 23.6 Å². The molecule has 3 aromatic carbocycles. The number of carbonyl (C=O) groups is 2. The lowest BCUT2D eigenvalue weighted by atomic mass is 9.95. The van der Waals surface area contributed by atoms with Crippen molar-refractivity contribution in [2.45, 2.75) is 10.9 Å². The van der Waals surface area contributed by atoms with Crippen LogP contribution in [-0.2, 0) is 19.6 Å². The van der Waals surface area contributed by atoms with Crippen LogP contribution in [0.2, 0.25) is 5.02 Å². The molecule has 0 bridgehead atoms. The number of ketones is 1. The van der Waals surface area contributed by atoms with Gasteiger partial charge >= 0.3 is 0 Å². The number of benzene rings is 3. The fourth-order valence-electron chi connectivity index (χ4n) is 3.76. The Morgan fingerprint density at radius 1 is 0.971 bits per heavy atom. The average molecular weight is 499 g/mol. The molecule has 1 aliphatic heterocycles. The SMILES string of the molecule is COc1ccc([C@H]2C(=C(O)c3ccc(Cl)cc3)C(=O)C(=O)N2c2ccc(S(N)(=O)=O)cc2)cc1. The van der Waals surface area contributed by atoms with Crippen molar-refractivity contribution in [3.8, 4) is 5.75 Å². The molecule has 1 fully saturated rings. The number of carbonyl (C=O) groups excluding carboxylic acids is 2. The highest BCUT2D eigenvalue weighted by Crippen LogP contribution is 2.42. The number of sulfonamides is 1. The van der Waals surface area contributed by atoms with Gasteiger partial charge in [-0.15, -0.1) is 0 Å². The maximum Gasteiger partial charge on any atom is 0.300 e. The van der Waals surface area contributed by atoms with Gasteiger partial charge in [0, 0.05) is 16.3 Å². The summed E-state index contributed by atoms with van der Waals surface area (Å²) in [6.45, 7) is 0. The lowest BCUT2D eigenvalue weighted by Crippen LogP contribution is -2.29.